The van der Waals surface area contributed by atoms with Crippen molar-refractivity contribution in [3.05, 3.63) is 58.3 Å². The zero-order valence-corrected chi connectivity index (χ0v) is 10.4. The Morgan fingerprint density at radius 3 is 2.74 bits per heavy atom. The van der Waals surface area contributed by atoms with E-state index in [-0.39, 0.29) is 23.1 Å². The Kier molecular flexibility index (Phi) is 2.95. The molecule has 2 aromatic rings. The zero-order valence-electron chi connectivity index (χ0n) is 10.4. The van der Waals surface area contributed by atoms with Crippen molar-refractivity contribution in [3.8, 4) is 0 Å². The first-order chi connectivity index (χ1) is 9.27. The Bertz CT molecular complexity index is 630. The van der Waals surface area contributed by atoms with Crippen molar-refractivity contribution in [1.29, 1.82) is 0 Å². The molecule has 98 valence electrons. The third-order valence-corrected chi connectivity index (χ3v) is 3.54. The molecule has 1 unspecified atom stereocenters. The minimum Gasteiger partial charge on any atom is -0.363 e. The fraction of sp³-hybridized carbons (Fsp3) is 0.286. The highest BCUT2D eigenvalue weighted by atomic mass is 16.2. The molecule has 5 heteroatoms. The van der Waals surface area contributed by atoms with Crippen molar-refractivity contribution in [2.24, 2.45) is 0 Å². The highest BCUT2D eigenvalue weighted by Gasteiger charge is 2.31. The number of hydrogen-bond acceptors (Lipinski definition) is 2. The van der Waals surface area contributed by atoms with Gasteiger partial charge in [0.1, 0.15) is 5.56 Å². The quantitative estimate of drug-likeness (QED) is 0.859. The summed E-state index contributed by atoms with van der Waals surface area (Å²) in [6, 6.07) is 7.19. The van der Waals surface area contributed by atoms with Crippen molar-refractivity contribution in [2.75, 3.05) is 6.54 Å². The van der Waals surface area contributed by atoms with Gasteiger partial charge < -0.3 is 14.9 Å². The molecule has 19 heavy (non-hydrogen) atoms. The van der Waals surface area contributed by atoms with E-state index in [2.05, 4.69) is 9.97 Å². The predicted octanol–water partition coefficient (Wildman–Crippen LogP) is 1.68. The fourth-order valence-electron chi connectivity index (χ4n) is 2.63. The molecule has 1 aliphatic heterocycles. The zero-order chi connectivity index (χ0) is 13.2. The van der Waals surface area contributed by atoms with Gasteiger partial charge in [0.2, 0.25) is 0 Å². The van der Waals surface area contributed by atoms with Crippen LogP contribution in [-0.4, -0.2) is 27.3 Å². The molecule has 0 saturated carbocycles. The van der Waals surface area contributed by atoms with E-state index in [9.17, 15) is 9.59 Å². The van der Waals surface area contributed by atoms with Gasteiger partial charge in [-0.3, -0.25) is 9.59 Å². The van der Waals surface area contributed by atoms with Gasteiger partial charge in [0.25, 0.3) is 11.5 Å². The van der Waals surface area contributed by atoms with E-state index in [0.717, 1.165) is 18.5 Å². The highest BCUT2D eigenvalue weighted by molar-refractivity contribution is 5.94. The van der Waals surface area contributed by atoms with E-state index in [4.69, 9.17) is 0 Å². The molecule has 1 atom stereocenters. The third kappa shape index (κ3) is 2.07. The number of aromatic nitrogens is 2. The van der Waals surface area contributed by atoms with Crippen molar-refractivity contribution in [2.45, 2.75) is 18.9 Å². The molecule has 2 N–H and O–H groups in total. The largest absolute Gasteiger partial charge is 0.363 e. The topological polar surface area (TPSA) is 69.0 Å². The Balaban J connectivity index is 1.91. The van der Waals surface area contributed by atoms with E-state index < -0.39 is 0 Å². The molecular weight excluding hydrogens is 242 g/mol. The van der Waals surface area contributed by atoms with Crippen LogP contribution in [0, 0.1) is 0 Å². The number of H-pyrrole nitrogens is 2. The summed E-state index contributed by atoms with van der Waals surface area (Å²) in [5.74, 6) is -0.195. The van der Waals surface area contributed by atoms with Crippen LogP contribution in [0.5, 0.6) is 0 Å². The van der Waals surface area contributed by atoms with Crippen LogP contribution < -0.4 is 5.56 Å². The van der Waals surface area contributed by atoms with E-state index >= 15 is 0 Å². The average molecular weight is 257 g/mol. The first-order valence-corrected chi connectivity index (χ1v) is 6.39. The van der Waals surface area contributed by atoms with Crippen LogP contribution in [0.15, 0.2) is 41.5 Å². The summed E-state index contributed by atoms with van der Waals surface area (Å²) in [6.45, 7) is 0.691. The standard InChI is InChI=1S/C14H15N3O2/c18-13-10(4-1-8-16-13)14(19)17-9-3-6-12(17)11-5-2-7-15-11/h1-2,4-5,7-8,12,15H,3,6,9H2,(H,16,18). The number of likely N-dealkylation sites (tertiary alicyclic amines) is 1. The van der Waals surface area contributed by atoms with Crippen molar-refractivity contribution in [1.82, 2.24) is 14.9 Å². The normalized spacial score (nSPS) is 18.7. The number of pyridine rings is 1. The summed E-state index contributed by atoms with van der Waals surface area (Å²) >= 11 is 0. The molecule has 3 heterocycles. The number of aromatic amines is 2. The predicted molar refractivity (Wildman–Crippen MR) is 70.9 cm³/mol. The lowest BCUT2D eigenvalue weighted by atomic mass is 10.1. The van der Waals surface area contributed by atoms with Crippen LogP contribution in [0.2, 0.25) is 0 Å². The molecule has 0 bridgehead atoms. The number of amides is 1. The van der Waals surface area contributed by atoms with Gasteiger partial charge in [0, 0.05) is 24.6 Å². The van der Waals surface area contributed by atoms with Crippen LogP contribution in [0.25, 0.3) is 0 Å². The first-order valence-electron chi connectivity index (χ1n) is 6.39. The number of nitrogens with zero attached hydrogens (tertiary/aromatic N) is 1. The highest BCUT2D eigenvalue weighted by Crippen LogP contribution is 2.31. The molecular formula is C14H15N3O2. The first kappa shape index (κ1) is 11.8. The molecule has 0 spiro atoms. The van der Waals surface area contributed by atoms with Crippen molar-refractivity contribution in [3.63, 3.8) is 0 Å². The van der Waals surface area contributed by atoms with Gasteiger partial charge in [-0.25, -0.2) is 0 Å². The fourth-order valence-corrected chi connectivity index (χ4v) is 2.63. The smallest absolute Gasteiger partial charge is 0.260 e. The van der Waals surface area contributed by atoms with Gasteiger partial charge in [-0.2, -0.15) is 0 Å². The van der Waals surface area contributed by atoms with Gasteiger partial charge in [-0.05, 0) is 37.1 Å². The van der Waals surface area contributed by atoms with E-state index in [1.54, 1.807) is 17.0 Å². The molecule has 5 nitrogen and oxygen atoms in total. The van der Waals surface area contributed by atoms with Crippen LogP contribution >= 0.6 is 0 Å². The third-order valence-electron chi connectivity index (χ3n) is 3.54. The van der Waals surface area contributed by atoms with E-state index in [0.29, 0.717) is 6.54 Å². The average Bonchev–Trinajstić information content (AvgIpc) is 3.09. The Morgan fingerprint density at radius 1 is 1.21 bits per heavy atom. The maximum Gasteiger partial charge on any atom is 0.260 e. The van der Waals surface area contributed by atoms with Gasteiger partial charge in [-0.1, -0.05) is 0 Å². The summed E-state index contributed by atoms with van der Waals surface area (Å²) in [7, 11) is 0. The maximum absolute atomic E-state index is 12.5. The molecule has 1 saturated heterocycles. The number of hydrogen-bond donors (Lipinski definition) is 2. The molecule has 0 radical (unpaired) electrons. The summed E-state index contributed by atoms with van der Waals surface area (Å²) in [5, 5.41) is 0. The Labute approximate surface area is 110 Å². The number of carbonyl (C=O) groups is 1. The molecule has 2 aromatic heterocycles. The Hall–Kier alpha value is -2.30. The van der Waals surface area contributed by atoms with Crippen LogP contribution in [0.3, 0.4) is 0 Å². The molecule has 1 amide bonds. The minimum absolute atomic E-state index is 0.0436. The summed E-state index contributed by atoms with van der Waals surface area (Å²) in [5.41, 5.74) is 0.906. The van der Waals surface area contributed by atoms with Gasteiger partial charge >= 0.3 is 0 Å². The second-order valence-electron chi connectivity index (χ2n) is 4.69. The van der Waals surface area contributed by atoms with Crippen LogP contribution in [0.4, 0.5) is 0 Å². The number of rotatable bonds is 2. The number of carbonyl (C=O) groups excluding carboxylic acids is 1. The second-order valence-corrected chi connectivity index (χ2v) is 4.69. The number of nitrogens with one attached hydrogen (secondary N) is 2. The van der Waals surface area contributed by atoms with Gasteiger partial charge in [0.15, 0.2) is 0 Å². The SMILES string of the molecule is O=C(c1ccc[nH]c1=O)N1CCCC1c1ccc[nH]1. The van der Waals surface area contributed by atoms with E-state index in [1.807, 2.05) is 18.3 Å². The van der Waals surface area contributed by atoms with Gasteiger partial charge in [0.05, 0.1) is 6.04 Å². The Morgan fingerprint density at radius 2 is 2.00 bits per heavy atom. The molecule has 0 aromatic carbocycles. The van der Waals surface area contributed by atoms with Crippen molar-refractivity contribution >= 4 is 5.91 Å². The summed E-state index contributed by atoms with van der Waals surface area (Å²) < 4.78 is 0. The maximum atomic E-state index is 12.5. The minimum atomic E-state index is -0.329. The molecule has 3 rings (SSSR count). The van der Waals surface area contributed by atoms with Crippen LogP contribution in [-0.2, 0) is 0 Å². The monoisotopic (exact) mass is 257 g/mol. The van der Waals surface area contributed by atoms with E-state index in [1.165, 1.54) is 6.20 Å². The van der Waals surface area contributed by atoms with Crippen molar-refractivity contribution < 1.29 is 4.79 Å². The van der Waals surface area contributed by atoms with Gasteiger partial charge in [-0.15, -0.1) is 0 Å². The second kappa shape index (κ2) is 4.76. The summed E-state index contributed by atoms with van der Waals surface area (Å²) in [4.78, 5) is 31.6. The lowest BCUT2D eigenvalue weighted by Crippen LogP contribution is -2.34. The van der Waals surface area contributed by atoms with Crippen LogP contribution in [0.1, 0.15) is 34.9 Å². The molecule has 1 aliphatic rings. The lowest BCUT2D eigenvalue weighted by molar-refractivity contribution is 0.0731. The summed E-state index contributed by atoms with van der Waals surface area (Å²) in [6.07, 6.45) is 5.27. The molecule has 0 aliphatic carbocycles. The molecule has 1 fully saturated rings. The lowest BCUT2D eigenvalue weighted by Gasteiger charge is -2.23.